The van der Waals surface area contributed by atoms with Gasteiger partial charge in [-0.2, -0.15) is 0 Å². The fourth-order valence-electron chi connectivity index (χ4n) is 1.82. The number of urea groups is 1. The maximum Gasteiger partial charge on any atom is 0.323 e. The van der Waals surface area contributed by atoms with Crippen LogP contribution in [-0.2, 0) is 0 Å². The van der Waals surface area contributed by atoms with Crippen LogP contribution in [0.2, 0.25) is 10.0 Å². The monoisotopic (exact) mass is 418 g/mol. The van der Waals surface area contributed by atoms with E-state index in [-0.39, 0.29) is 0 Å². The number of hydrogen-bond donors (Lipinski definition) is 2. The Balaban J connectivity index is 2.19. The summed E-state index contributed by atoms with van der Waals surface area (Å²) in [5.41, 5.74) is 0.895. The largest absolute Gasteiger partial charge is 0.495 e. The van der Waals surface area contributed by atoms with Crippen LogP contribution in [0.1, 0.15) is 0 Å². The molecular formula is C15H13BrCl2N2O3. The number of hydrogen-bond acceptors (Lipinski definition) is 3. The summed E-state index contributed by atoms with van der Waals surface area (Å²) in [6.07, 6.45) is 0. The average molecular weight is 420 g/mol. The quantitative estimate of drug-likeness (QED) is 0.695. The first-order valence-corrected chi connectivity index (χ1v) is 7.94. The lowest BCUT2D eigenvalue weighted by atomic mass is 10.2. The van der Waals surface area contributed by atoms with Crippen molar-refractivity contribution in [1.29, 1.82) is 0 Å². The molecule has 0 aliphatic heterocycles. The summed E-state index contributed by atoms with van der Waals surface area (Å²) in [6, 6.07) is 7.80. The lowest BCUT2D eigenvalue weighted by Gasteiger charge is -2.14. The number of rotatable bonds is 4. The third-order valence-electron chi connectivity index (χ3n) is 2.90. The molecule has 0 aliphatic rings. The summed E-state index contributed by atoms with van der Waals surface area (Å²) < 4.78 is 11.2. The van der Waals surface area contributed by atoms with Gasteiger partial charge >= 0.3 is 6.03 Å². The summed E-state index contributed by atoms with van der Waals surface area (Å²) >= 11 is 15.4. The molecule has 5 nitrogen and oxygen atoms in total. The summed E-state index contributed by atoms with van der Waals surface area (Å²) in [7, 11) is 2.96. The molecule has 8 heteroatoms. The zero-order valence-electron chi connectivity index (χ0n) is 12.2. The molecule has 0 saturated carbocycles. The third-order valence-corrected chi connectivity index (χ3v) is 4.00. The van der Waals surface area contributed by atoms with Crippen molar-refractivity contribution in [2.75, 3.05) is 24.9 Å². The van der Waals surface area contributed by atoms with Gasteiger partial charge in [0.25, 0.3) is 0 Å². The number of carbonyl (C=O) groups excluding carboxylic acids is 1. The Hall–Kier alpha value is -1.63. The van der Waals surface area contributed by atoms with Gasteiger partial charge < -0.3 is 20.1 Å². The summed E-state index contributed by atoms with van der Waals surface area (Å²) in [4.78, 5) is 12.1. The summed E-state index contributed by atoms with van der Waals surface area (Å²) in [5, 5.41) is 6.12. The molecule has 0 fully saturated rings. The van der Waals surface area contributed by atoms with E-state index in [0.29, 0.717) is 32.9 Å². The minimum Gasteiger partial charge on any atom is -0.495 e. The van der Waals surface area contributed by atoms with Gasteiger partial charge in [0.15, 0.2) is 0 Å². The van der Waals surface area contributed by atoms with E-state index in [2.05, 4.69) is 26.6 Å². The highest BCUT2D eigenvalue weighted by molar-refractivity contribution is 9.10. The van der Waals surface area contributed by atoms with Crippen LogP contribution in [0.4, 0.5) is 16.2 Å². The molecule has 2 N–H and O–H groups in total. The normalized spacial score (nSPS) is 10.1. The highest BCUT2D eigenvalue weighted by Gasteiger charge is 2.13. The Kier molecular flexibility index (Phi) is 5.98. The highest BCUT2D eigenvalue weighted by atomic mass is 79.9. The van der Waals surface area contributed by atoms with Crippen molar-refractivity contribution in [3.63, 3.8) is 0 Å². The van der Waals surface area contributed by atoms with Crippen molar-refractivity contribution in [2.24, 2.45) is 0 Å². The zero-order valence-corrected chi connectivity index (χ0v) is 15.3. The summed E-state index contributed by atoms with van der Waals surface area (Å²) in [6.45, 7) is 0. The van der Waals surface area contributed by atoms with E-state index in [0.717, 1.165) is 4.47 Å². The van der Waals surface area contributed by atoms with Gasteiger partial charge in [0.05, 0.1) is 35.6 Å². The van der Waals surface area contributed by atoms with Crippen molar-refractivity contribution in [3.05, 3.63) is 44.8 Å². The van der Waals surface area contributed by atoms with Crippen molar-refractivity contribution in [2.45, 2.75) is 0 Å². The van der Waals surface area contributed by atoms with Crippen LogP contribution >= 0.6 is 39.1 Å². The molecule has 23 heavy (non-hydrogen) atoms. The van der Waals surface area contributed by atoms with Crippen molar-refractivity contribution >= 4 is 56.5 Å². The predicted molar refractivity (Wildman–Crippen MR) is 96.3 cm³/mol. The lowest BCUT2D eigenvalue weighted by Crippen LogP contribution is -2.20. The standard InChI is InChI=1S/C15H13BrCl2N2O3/c1-22-13-7-12(14(23-2)6-10(13)18)20-15(21)19-11-4-3-8(16)5-9(11)17/h3-7H,1-2H3,(H2,19,20,21). The maximum absolute atomic E-state index is 12.1. The van der Waals surface area contributed by atoms with Gasteiger partial charge in [-0.05, 0) is 18.2 Å². The third kappa shape index (κ3) is 4.43. The molecule has 0 heterocycles. The number of halogens is 3. The summed E-state index contributed by atoms with van der Waals surface area (Å²) in [5.74, 6) is 0.831. The van der Waals surface area contributed by atoms with Gasteiger partial charge in [-0.1, -0.05) is 39.1 Å². The second-order valence-corrected chi connectivity index (χ2v) is 6.12. The van der Waals surface area contributed by atoms with Crippen LogP contribution in [0.15, 0.2) is 34.8 Å². The SMILES string of the molecule is COc1cc(NC(=O)Nc2ccc(Br)cc2Cl)c(OC)cc1Cl. The van der Waals surface area contributed by atoms with Gasteiger partial charge in [-0.15, -0.1) is 0 Å². The molecule has 0 saturated heterocycles. The molecular weight excluding hydrogens is 407 g/mol. The Bertz CT molecular complexity index is 741. The van der Waals surface area contributed by atoms with Crippen molar-refractivity contribution in [1.82, 2.24) is 0 Å². The molecule has 0 atom stereocenters. The number of carbonyl (C=O) groups is 1. The molecule has 2 rings (SSSR count). The van der Waals surface area contributed by atoms with Crippen LogP contribution in [0, 0.1) is 0 Å². The van der Waals surface area contributed by atoms with E-state index in [9.17, 15) is 4.79 Å². The molecule has 0 aromatic heterocycles. The van der Waals surface area contributed by atoms with E-state index in [1.807, 2.05) is 0 Å². The first kappa shape index (κ1) is 17.7. The zero-order chi connectivity index (χ0) is 17.0. The topological polar surface area (TPSA) is 59.6 Å². The van der Waals surface area contributed by atoms with Crippen LogP contribution in [0.3, 0.4) is 0 Å². The van der Waals surface area contributed by atoms with Crippen LogP contribution in [-0.4, -0.2) is 20.3 Å². The average Bonchev–Trinajstić information content (AvgIpc) is 2.51. The van der Waals surface area contributed by atoms with E-state index in [1.165, 1.54) is 14.2 Å². The van der Waals surface area contributed by atoms with Crippen LogP contribution in [0.5, 0.6) is 11.5 Å². The number of anilines is 2. The van der Waals surface area contributed by atoms with Crippen molar-refractivity contribution in [3.8, 4) is 11.5 Å². The predicted octanol–water partition coefficient (Wildman–Crippen LogP) is 5.42. The van der Waals surface area contributed by atoms with Crippen LogP contribution < -0.4 is 20.1 Å². The van der Waals surface area contributed by atoms with Crippen LogP contribution in [0.25, 0.3) is 0 Å². The molecule has 0 aliphatic carbocycles. The number of nitrogens with one attached hydrogen (secondary N) is 2. The fourth-order valence-corrected chi connectivity index (χ4v) is 2.78. The molecule has 2 amide bonds. The fraction of sp³-hybridized carbons (Fsp3) is 0.133. The van der Waals surface area contributed by atoms with E-state index in [4.69, 9.17) is 32.7 Å². The molecule has 0 radical (unpaired) electrons. The number of ether oxygens (including phenoxy) is 2. The number of methoxy groups -OCH3 is 2. The second-order valence-electron chi connectivity index (χ2n) is 4.39. The Morgan fingerprint density at radius 2 is 1.61 bits per heavy atom. The molecule has 0 bridgehead atoms. The molecule has 0 spiro atoms. The lowest BCUT2D eigenvalue weighted by molar-refractivity contribution is 0.262. The van der Waals surface area contributed by atoms with E-state index >= 15 is 0 Å². The molecule has 2 aromatic rings. The smallest absolute Gasteiger partial charge is 0.323 e. The van der Waals surface area contributed by atoms with Gasteiger partial charge in [-0.3, -0.25) is 0 Å². The van der Waals surface area contributed by atoms with Crippen molar-refractivity contribution < 1.29 is 14.3 Å². The van der Waals surface area contributed by atoms with E-state index in [1.54, 1.807) is 30.3 Å². The van der Waals surface area contributed by atoms with Gasteiger partial charge in [-0.25, -0.2) is 4.79 Å². The Morgan fingerprint density at radius 1 is 0.957 bits per heavy atom. The minimum absolute atomic E-state index is 0.381. The minimum atomic E-state index is -0.475. The molecule has 122 valence electrons. The first-order chi connectivity index (χ1) is 10.9. The highest BCUT2D eigenvalue weighted by Crippen LogP contribution is 2.36. The van der Waals surface area contributed by atoms with Gasteiger partial charge in [0, 0.05) is 16.6 Å². The molecule has 2 aromatic carbocycles. The van der Waals surface area contributed by atoms with E-state index < -0.39 is 6.03 Å². The number of amides is 2. The number of benzene rings is 2. The Labute approximate surface area is 152 Å². The van der Waals surface area contributed by atoms with Gasteiger partial charge in [0.2, 0.25) is 0 Å². The Morgan fingerprint density at radius 3 is 2.22 bits per heavy atom. The van der Waals surface area contributed by atoms with Gasteiger partial charge in [0.1, 0.15) is 11.5 Å². The molecule has 0 unspecified atom stereocenters. The first-order valence-electron chi connectivity index (χ1n) is 6.39. The second kappa shape index (κ2) is 7.77. The maximum atomic E-state index is 12.1.